The second kappa shape index (κ2) is 11.8. The molecule has 0 saturated carbocycles. The van der Waals surface area contributed by atoms with Crippen molar-refractivity contribution in [2.45, 2.75) is 6.54 Å². The topological polar surface area (TPSA) is 137 Å². The summed E-state index contributed by atoms with van der Waals surface area (Å²) < 4.78 is 11.2. The summed E-state index contributed by atoms with van der Waals surface area (Å²) in [6.07, 6.45) is 2.78. The average molecular weight is 485 g/mol. The van der Waals surface area contributed by atoms with Gasteiger partial charge in [-0.05, 0) is 23.1 Å². The van der Waals surface area contributed by atoms with Crippen LogP contribution in [0.4, 0.5) is 11.5 Å². The van der Waals surface area contributed by atoms with Crippen molar-refractivity contribution in [3.05, 3.63) is 85.2 Å². The maximum absolute atomic E-state index is 12.9. The van der Waals surface area contributed by atoms with Gasteiger partial charge in [0, 0.05) is 24.6 Å². The number of anilines is 2. The van der Waals surface area contributed by atoms with E-state index < -0.39 is 29.7 Å². The summed E-state index contributed by atoms with van der Waals surface area (Å²) in [6.45, 7) is -0.512. The first-order chi connectivity index (χ1) is 16.4. The number of H-pyrrole nitrogens is 1. The van der Waals surface area contributed by atoms with Gasteiger partial charge < -0.3 is 15.2 Å². The van der Waals surface area contributed by atoms with Crippen LogP contribution in [0.1, 0.15) is 10.4 Å². The number of aromatic amines is 1. The minimum atomic E-state index is -0.833. The van der Waals surface area contributed by atoms with Crippen molar-refractivity contribution < 1.29 is 19.1 Å². The first kappa shape index (κ1) is 24.7. The molecule has 0 bridgehead atoms. The van der Waals surface area contributed by atoms with Crippen LogP contribution in [0.5, 0.6) is 0 Å². The Hall–Kier alpha value is -3.96. The van der Waals surface area contributed by atoms with Crippen LogP contribution in [0.25, 0.3) is 6.08 Å². The van der Waals surface area contributed by atoms with Gasteiger partial charge in [-0.3, -0.25) is 24.0 Å². The predicted molar refractivity (Wildman–Crippen MR) is 130 cm³/mol. The molecule has 3 N–H and O–H groups in total. The maximum atomic E-state index is 12.9. The number of nitrogens with one attached hydrogen (secondary N) is 1. The van der Waals surface area contributed by atoms with Crippen LogP contribution in [0, 0.1) is 0 Å². The molecule has 178 valence electrons. The summed E-state index contributed by atoms with van der Waals surface area (Å²) in [4.78, 5) is 54.1. The monoisotopic (exact) mass is 484 g/mol. The number of hydrogen-bond acceptors (Lipinski definition) is 8. The molecule has 0 aliphatic carbocycles. The Morgan fingerprint density at radius 3 is 2.62 bits per heavy atom. The van der Waals surface area contributed by atoms with Gasteiger partial charge in [0.05, 0.1) is 13.2 Å². The molecule has 0 unspecified atom stereocenters. The number of methoxy groups -OCH3 is 1. The number of thiophene rings is 1. The number of nitrogens with zero attached hydrogens (tertiary/aromatic N) is 2. The summed E-state index contributed by atoms with van der Waals surface area (Å²) in [5.74, 6) is -1.60. The Morgan fingerprint density at radius 1 is 1.18 bits per heavy atom. The van der Waals surface area contributed by atoms with E-state index in [0.717, 1.165) is 19.9 Å². The zero-order valence-electron chi connectivity index (χ0n) is 18.4. The van der Waals surface area contributed by atoms with Crippen molar-refractivity contribution in [2.24, 2.45) is 0 Å². The fourth-order valence-corrected chi connectivity index (χ4v) is 3.72. The van der Waals surface area contributed by atoms with E-state index in [1.165, 1.54) is 24.5 Å². The van der Waals surface area contributed by atoms with Crippen molar-refractivity contribution in [1.29, 1.82) is 0 Å². The van der Waals surface area contributed by atoms with E-state index in [-0.39, 0.29) is 31.2 Å². The maximum Gasteiger partial charge on any atom is 0.331 e. The lowest BCUT2D eigenvalue weighted by atomic mass is 10.2. The quantitative estimate of drug-likeness (QED) is 0.328. The van der Waals surface area contributed by atoms with Crippen LogP contribution in [0.3, 0.4) is 0 Å². The predicted octanol–water partition coefficient (Wildman–Crippen LogP) is 1.46. The van der Waals surface area contributed by atoms with Crippen LogP contribution in [0.15, 0.2) is 63.5 Å². The lowest BCUT2D eigenvalue weighted by Crippen LogP contribution is -2.44. The molecule has 3 aromatic rings. The van der Waals surface area contributed by atoms with Crippen LogP contribution in [0.2, 0.25) is 0 Å². The molecular weight excluding hydrogens is 460 g/mol. The zero-order chi connectivity index (χ0) is 24.5. The van der Waals surface area contributed by atoms with Gasteiger partial charge in [-0.2, -0.15) is 0 Å². The minimum absolute atomic E-state index is 0.0469. The fraction of sp³-hybridized carbons (Fsp3) is 0.217. The van der Waals surface area contributed by atoms with Gasteiger partial charge in [-0.15, -0.1) is 11.3 Å². The number of benzene rings is 1. The van der Waals surface area contributed by atoms with Crippen molar-refractivity contribution >= 4 is 40.8 Å². The Kier molecular flexibility index (Phi) is 8.54. The summed E-state index contributed by atoms with van der Waals surface area (Å²) in [5, 5.41) is 1.86. The van der Waals surface area contributed by atoms with Crippen molar-refractivity contribution in [3.63, 3.8) is 0 Å². The molecule has 3 rings (SSSR count). The molecule has 11 heteroatoms. The van der Waals surface area contributed by atoms with Gasteiger partial charge in [0.2, 0.25) is 0 Å². The number of esters is 1. The number of carbonyl (C=O) groups is 2. The van der Waals surface area contributed by atoms with E-state index in [1.54, 1.807) is 30.3 Å². The fourth-order valence-electron chi connectivity index (χ4n) is 3.10. The molecule has 0 radical (unpaired) electrons. The Balaban J connectivity index is 1.84. The normalized spacial score (nSPS) is 11.0. The van der Waals surface area contributed by atoms with Crippen LogP contribution < -0.4 is 21.9 Å². The molecule has 0 spiro atoms. The summed E-state index contributed by atoms with van der Waals surface area (Å²) in [7, 11) is 1.43. The first-order valence-corrected chi connectivity index (χ1v) is 11.1. The molecule has 1 amide bonds. The highest BCUT2D eigenvalue weighted by molar-refractivity contribution is 7.10. The second-order valence-corrected chi connectivity index (χ2v) is 8.04. The Labute approximate surface area is 198 Å². The van der Waals surface area contributed by atoms with Crippen molar-refractivity contribution in [2.75, 3.05) is 37.5 Å². The van der Waals surface area contributed by atoms with Gasteiger partial charge in [0.25, 0.3) is 11.5 Å². The molecule has 0 aliphatic rings. The summed E-state index contributed by atoms with van der Waals surface area (Å²) in [6, 6.07) is 12.7. The molecule has 0 atom stereocenters. The van der Waals surface area contributed by atoms with Gasteiger partial charge in [0.15, 0.2) is 12.3 Å². The first-order valence-electron chi connectivity index (χ1n) is 10.2. The molecule has 34 heavy (non-hydrogen) atoms. The van der Waals surface area contributed by atoms with Gasteiger partial charge in [0.1, 0.15) is 5.82 Å². The zero-order valence-corrected chi connectivity index (χ0v) is 19.2. The van der Waals surface area contributed by atoms with E-state index in [9.17, 15) is 19.2 Å². The highest BCUT2D eigenvalue weighted by atomic mass is 32.1. The van der Waals surface area contributed by atoms with E-state index in [2.05, 4.69) is 4.98 Å². The highest BCUT2D eigenvalue weighted by Gasteiger charge is 2.25. The van der Waals surface area contributed by atoms with E-state index >= 15 is 0 Å². The second-order valence-electron chi connectivity index (χ2n) is 7.06. The minimum Gasteiger partial charge on any atom is -0.452 e. The van der Waals surface area contributed by atoms with Gasteiger partial charge >= 0.3 is 11.7 Å². The molecule has 2 aromatic heterocycles. The molecule has 10 nitrogen and oxygen atoms in total. The standard InChI is InChI=1S/C23H24N4O6S/c1-32-12-11-26(18(28)15-33-19(29)10-9-17-8-5-13-34-17)20-21(24)27(23(31)25-22(20)30)14-16-6-3-2-4-7-16/h2-10,13H,11-12,14-15,24H2,1H3,(H,25,30,31)/b10-9-. The highest BCUT2D eigenvalue weighted by Crippen LogP contribution is 2.18. The number of aromatic nitrogens is 2. The van der Waals surface area contributed by atoms with E-state index in [4.69, 9.17) is 15.2 Å². The number of rotatable bonds is 10. The van der Waals surface area contributed by atoms with Crippen molar-refractivity contribution in [3.8, 4) is 0 Å². The van der Waals surface area contributed by atoms with Crippen LogP contribution >= 0.6 is 11.3 Å². The molecule has 2 heterocycles. The largest absolute Gasteiger partial charge is 0.452 e. The third kappa shape index (κ3) is 6.30. The Morgan fingerprint density at radius 2 is 1.94 bits per heavy atom. The number of nitrogens with two attached hydrogens (primary N) is 1. The molecule has 0 aliphatic heterocycles. The summed E-state index contributed by atoms with van der Waals surface area (Å²) >= 11 is 1.44. The lowest BCUT2D eigenvalue weighted by Gasteiger charge is -2.24. The third-order valence-corrected chi connectivity index (χ3v) is 5.59. The third-order valence-electron chi connectivity index (χ3n) is 4.75. The van der Waals surface area contributed by atoms with Crippen LogP contribution in [-0.2, 0) is 25.6 Å². The molecule has 0 fully saturated rings. The summed E-state index contributed by atoms with van der Waals surface area (Å²) in [5.41, 5.74) is 5.20. The van der Waals surface area contributed by atoms with Gasteiger partial charge in [-0.1, -0.05) is 36.4 Å². The number of nitrogen functional groups attached to an aromatic ring is 1. The smallest absolute Gasteiger partial charge is 0.331 e. The number of hydrogen-bond donors (Lipinski definition) is 2. The average Bonchev–Trinajstić information content (AvgIpc) is 3.35. The van der Waals surface area contributed by atoms with E-state index in [0.29, 0.717) is 0 Å². The number of amides is 1. The molecule has 0 saturated heterocycles. The number of ether oxygens (including phenoxy) is 2. The van der Waals surface area contributed by atoms with Gasteiger partial charge in [-0.25, -0.2) is 9.59 Å². The van der Waals surface area contributed by atoms with Crippen molar-refractivity contribution in [1.82, 2.24) is 9.55 Å². The SMILES string of the molecule is COCCN(C(=O)COC(=O)/C=C\c1cccs1)c1c(N)n(Cc2ccccc2)c(=O)[nH]c1=O. The number of carbonyl (C=O) groups excluding carboxylic acids is 2. The van der Waals surface area contributed by atoms with E-state index in [1.807, 2.05) is 23.6 Å². The lowest BCUT2D eigenvalue weighted by molar-refractivity contribution is -0.142. The molecule has 1 aromatic carbocycles. The Bertz CT molecular complexity index is 1260. The molecular formula is C23H24N4O6S. The van der Waals surface area contributed by atoms with Crippen LogP contribution in [-0.4, -0.2) is 48.3 Å².